The van der Waals surface area contributed by atoms with Crippen molar-refractivity contribution in [3.05, 3.63) is 38.6 Å². The molecule has 0 saturated heterocycles. The Kier molecular flexibility index (Phi) is 7.35. The number of ether oxygens (including phenoxy) is 2. The Balaban J connectivity index is 2.14. The fourth-order valence-electron chi connectivity index (χ4n) is 2.17. The number of furan rings is 1. The normalized spacial score (nSPS) is 10.3. The van der Waals surface area contributed by atoms with E-state index in [1.807, 2.05) is 0 Å². The van der Waals surface area contributed by atoms with Crippen molar-refractivity contribution in [1.29, 1.82) is 0 Å². The first kappa shape index (κ1) is 21.6. The van der Waals surface area contributed by atoms with Gasteiger partial charge in [-0.25, -0.2) is 9.59 Å². The molecule has 0 atom stereocenters. The summed E-state index contributed by atoms with van der Waals surface area (Å²) in [6, 6.07) is 2.90. The van der Waals surface area contributed by atoms with Gasteiger partial charge in [-0.1, -0.05) is 0 Å². The van der Waals surface area contributed by atoms with E-state index in [-0.39, 0.29) is 27.8 Å². The number of anilines is 1. The third kappa shape index (κ3) is 4.98. The Morgan fingerprint density at radius 1 is 1.18 bits per heavy atom. The standard InChI is InChI=1S/C17H17BrN2O7S/c1-4-25-17(24)12-8(2)13(14(22)19-3)28-15(12)20-11(21)7-26-16(23)9-5-6-10(18)27-9/h5-6H,4,7H2,1-3H3,(H,19,22)(H,20,21). The molecule has 0 radical (unpaired) electrons. The van der Waals surface area contributed by atoms with Gasteiger partial charge < -0.3 is 24.5 Å². The molecule has 150 valence electrons. The molecule has 2 heterocycles. The first-order chi connectivity index (χ1) is 13.3. The number of rotatable bonds is 7. The lowest BCUT2D eigenvalue weighted by Crippen LogP contribution is -2.21. The van der Waals surface area contributed by atoms with E-state index in [4.69, 9.17) is 13.9 Å². The highest BCUT2D eigenvalue weighted by Gasteiger charge is 2.26. The van der Waals surface area contributed by atoms with Gasteiger partial charge in [0.05, 0.1) is 17.0 Å². The molecule has 0 fully saturated rings. The Bertz CT molecular complexity index is 919. The predicted molar refractivity (Wildman–Crippen MR) is 104 cm³/mol. The molecule has 28 heavy (non-hydrogen) atoms. The molecule has 2 aromatic heterocycles. The van der Waals surface area contributed by atoms with Crippen molar-refractivity contribution in [2.75, 3.05) is 25.6 Å². The Morgan fingerprint density at radius 2 is 1.89 bits per heavy atom. The highest BCUT2D eigenvalue weighted by atomic mass is 79.9. The molecule has 0 saturated carbocycles. The quantitative estimate of drug-likeness (QED) is 0.593. The lowest BCUT2D eigenvalue weighted by Gasteiger charge is -2.07. The van der Waals surface area contributed by atoms with Crippen molar-refractivity contribution >= 4 is 56.0 Å². The molecule has 11 heteroatoms. The lowest BCUT2D eigenvalue weighted by atomic mass is 10.1. The van der Waals surface area contributed by atoms with Crippen LogP contribution < -0.4 is 10.6 Å². The van der Waals surface area contributed by atoms with Crippen LogP contribution in [0.25, 0.3) is 0 Å². The number of thiophene rings is 1. The minimum atomic E-state index is -0.820. The van der Waals surface area contributed by atoms with Crippen LogP contribution in [0, 0.1) is 6.92 Å². The minimum Gasteiger partial charge on any atom is -0.462 e. The van der Waals surface area contributed by atoms with E-state index in [9.17, 15) is 19.2 Å². The lowest BCUT2D eigenvalue weighted by molar-refractivity contribution is -0.119. The number of esters is 2. The molecule has 2 amide bonds. The van der Waals surface area contributed by atoms with Gasteiger partial charge in [-0.2, -0.15) is 0 Å². The molecule has 0 aliphatic carbocycles. The van der Waals surface area contributed by atoms with Gasteiger partial charge in [0.1, 0.15) is 5.00 Å². The van der Waals surface area contributed by atoms with Crippen LogP contribution in [0.15, 0.2) is 21.2 Å². The van der Waals surface area contributed by atoms with E-state index >= 15 is 0 Å². The number of nitrogens with one attached hydrogen (secondary N) is 2. The van der Waals surface area contributed by atoms with Crippen molar-refractivity contribution in [2.45, 2.75) is 13.8 Å². The van der Waals surface area contributed by atoms with E-state index in [2.05, 4.69) is 26.6 Å². The predicted octanol–water partition coefficient (Wildman–Crippen LogP) is 2.74. The summed E-state index contributed by atoms with van der Waals surface area (Å²) in [5.74, 6) is -2.64. The van der Waals surface area contributed by atoms with Crippen LogP contribution in [0.4, 0.5) is 5.00 Å². The molecule has 0 aliphatic heterocycles. The Morgan fingerprint density at radius 3 is 2.46 bits per heavy atom. The van der Waals surface area contributed by atoms with Crippen molar-refractivity contribution in [2.24, 2.45) is 0 Å². The second-order valence-corrected chi connectivity index (χ2v) is 7.09. The molecule has 0 aliphatic rings. The van der Waals surface area contributed by atoms with Crippen LogP contribution in [0.1, 0.15) is 43.1 Å². The average molecular weight is 473 g/mol. The number of halogens is 1. The summed E-state index contributed by atoms with van der Waals surface area (Å²) in [5, 5.41) is 5.09. The van der Waals surface area contributed by atoms with E-state index < -0.39 is 30.4 Å². The highest BCUT2D eigenvalue weighted by molar-refractivity contribution is 9.10. The monoisotopic (exact) mass is 472 g/mol. The maximum atomic E-state index is 12.2. The van der Waals surface area contributed by atoms with Crippen molar-refractivity contribution in [1.82, 2.24) is 5.32 Å². The van der Waals surface area contributed by atoms with Crippen molar-refractivity contribution in [3.63, 3.8) is 0 Å². The highest BCUT2D eigenvalue weighted by Crippen LogP contribution is 2.33. The summed E-state index contributed by atoms with van der Waals surface area (Å²) >= 11 is 3.98. The molecule has 0 unspecified atom stereocenters. The molecular weight excluding hydrogens is 456 g/mol. The van der Waals surface area contributed by atoms with Crippen LogP contribution in [0.5, 0.6) is 0 Å². The number of amides is 2. The molecule has 2 aromatic rings. The Hall–Kier alpha value is -2.66. The zero-order valence-corrected chi connectivity index (χ0v) is 17.6. The molecule has 2 N–H and O–H groups in total. The number of carbonyl (C=O) groups excluding carboxylic acids is 4. The molecule has 0 aromatic carbocycles. The van der Waals surface area contributed by atoms with E-state index in [1.165, 1.54) is 19.2 Å². The molecular formula is C17H17BrN2O7S. The van der Waals surface area contributed by atoms with Gasteiger partial charge in [0.25, 0.3) is 11.8 Å². The maximum absolute atomic E-state index is 12.2. The first-order valence-electron chi connectivity index (χ1n) is 8.03. The number of hydrogen-bond acceptors (Lipinski definition) is 8. The minimum absolute atomic E-state index is 0.0687. The Labute approximate surface area is 172 Å². The largest absolute Gasteiger partial charge is 0.462 e. The van der Waals surface area contributed by atoms with E-state index in [0.717, 1.165) is 11.3 Å². The fraction of sp³-hybridized carbons (Fsp3) is 0.294. The average Bonchev–Trinajstić information content (AvgIpc) is 3.22. The molecule has 9 nitrogen and oxygen atoms in total. The first-order valence-corrected chi connectivity index (χ1v) is 9.64. The van der Waals surface area contributed by atoms with Gasteiger partial charge in [0.2, 0.25) is 5.76 Å². The van der Waals surface area contributed by atoms with Crippen LogP contribution >= 0.6 is 27.3 Å². The zero-order chi connectivity index (χ0) is 20.8. The summed E-state index contributed by atoms with van der Waals surface area (Å²) in [4.78, 5) is 48.5. The molecule has 0 spiro atoms. The van der Waals surface area contributed by atoms with E-state index in [1.54, 1.807) is 13.8 Å². The molecule has 2 rings (SSSR count). The summed E-state index contributed by atoms with van der Waals surface area (Å²) in [5.41, 5.74) is 0.468. The second-order valence-electron chi connectivity index (χ2n) is 5.29. The SMILES string of the molecule is CCOC(=O)c1c(NC(=O)COC(=O)c2ccc(Br)o2)sc(C(=O)NC)c1C. The topological polar surface area (TPSA) is 124 Å². The summed E-state index contributed by atoms with van der Waals surface area (Å²) in [6.45, 7) is 2.75. The van der Waals surface area contributed by atoms with Gasteiger partial charge >= 0.3 is 11.9 Å². The smallest absolute Gasteiger partial charge is 0.374 e. The molecule has 0 bridgehead atoms. The summed E-state index contributed by atoms with van der Waals surface area (Å²) in [7, 11) is 1.45. The van der Waals surface area contributed by atoms with Crippen molar-refractivity contribution < 1.29 is 33.1 Å². The maximum Gasteiger partial charge on any atom is 0.374 e. The van der Waals surface area contributed by atoms with Gasteiger partial charge in [0.15, 0.2) is 11.3 Å². The fourth-order valence-corrected chi connectivity index (χ4v) is 3.63. The third-order valence-corrected chi connectivity index (χ3v) is 5.05. The van der Waals surface area contributed by atoms with Gasteiger partial charge in [-0.3, -0.25) is 9.59 Å². The van der Waals surface area contributed by atoms with Crippen LogP contribution in [-0.4, -0.2) is 44.0 Å². The number of carbonyl (C=O) groups is 4. The van der Waals surface area contributed by atoms with Crippen LogP contribution in [-0.2, 0) is 14.3 Å². The van der Waals surface area contributed by atoms with Crippen LogP contribution in [0.3, 0.4) is 0 Å². The summed E-state index contributed by atoms with van der Waals surface area (Å²) in [6.07, 6.45) is 0. The van der Waals surface area contributed by atoms with Crippen molar-refractivity contribution in [3.8, 4) is 0 Å². The van der Waals surface area contributed by atoms with E-state index in [0.29, 0.717) is 10.2 Å². The zero-order valence-electron chi connectivity index (χ0n) is 15.2. The van der Waals surface area contributed by atoms with Gasteiger partial charge in [0, 0.05) is 7.05 Å². The number of hydrogen-bond donors (Lipinski definition) is 2. The van der Waals surface area contributed by atoms with Gasteiger partial charge in [-0.05, 0) is 47.5 Å². The second kappa shape index (κ2) is 9.51. The third-order valence-electron chi connectivity index (χ3n) is 3.42. The van der Waals surface area contributed by atoms with Crippen LogP contribution in [0.2, 0.25) is 0 Å². The van der Waals surface area contributed by atoms with Gasteiger partial charge in [-0.15, -0.1) is 11.3 Å². The summed E-state index contributed by atoms with van der Waals surface area (Å²) < 4.78 is 15.3.